The second-order valence-electron chi connectivity index (χ2n) is 2.85. The summed E-state index contributed by atoms with van der Waals surface area (Å²) in [4.78, 5) is 11.0. The van der Waals surface area contributed by atoms with Crippen molar-refractivity contribution in [1.29, 1.82) is 0 Å². The summed E-state index contributed by atoms with van der Waals surface area (Å²) in [6, 6.07) is 0. The average molecular weight is 209 g/mol. The fourth-order valence-corrected chi connectivity index (χ4v) is 1.15. The molecule has 2 aromatic rings. The van der Waals surface area contributed by atoms with Crippen molar-refractivity contribution < 1.29 is 9.26 Å². The number of imidazole rings is 1. The molecule has 0 spiro atoms. The third kappa shape index (κ3) is 1.88. The van der Waals surface area contributed by atoms with E-state index in [-0.39, 0.29) is 12.6 Å². The second kappa shape index (κ2) is 4.20. The maximum Gasteiger partial charge on any atom is 0.257 e. The molecule has 1 atom stereocenters. The lowest BCUT2D eigenvalue weighted by molar-refractivity contribution is 0.0804. The van der Waals surface area contributed by atoms with Gasteiger partial charge in [0, 0.05) is 26.0 Å². The van der Waals surface area contributed by atoms with Gasteiger partial charge >= 0.3 is 0 Å². The Morgan fingerprint density at radius 3 is 3.13 bits per heavy atom. The molecule has 80 valence electrons. The summed E-state index contributed by atoms with van der Waals surface area (Å²) in [5.41, 5.74) is 5.47. The van der Waals surface area contributed by atoms with Crippen LogP contribution in [0, 0.1) is 0 Å². The molecule has 0 fully saturated rings. The van der Waals surface area contributed by atoms with Crippen LogP contribution in [0.5, 0.6) is 0 Å². The van der Waals surface area contributed by atoms with Crippen LogP contribution in [0.25, 0.3) is 11.6 Å². The number of hydrogen-bond donors (Lipinski definition) is 2. The van der Waals surface area contributed by atoms with E-state index >= 15 is 0 Å². The van der Waals surface area contributed by atoms with E-state index in [2.05, 4.69) is 20.1 Å². The minimum atomic E-state index is -0.374. The van der Waals surface area contributed by atoms with Crippen molar-refractivity contribution in [3.05, 3.63) is 18.3 Å². The Bertz CT molecular complexity index is 406. The Kier molecular flexibility index (Phi) is 2.75. The minimum absolute atomic E-state index is 0.288. The summed E-state index contributed by atoms with van der Waals surface area (Å²) in [6.45, 7) is 0.288. The zero-order valence-electron chi connectivity index (χ0n) is 8.17. The number of aromatic amines is 1. The molecule has 2 heterocycles. The van der Waals surface area contributed by atoms with Gasteiger partial charge in [0.2, 0.25) is 5.82 Å². The average Bonchev–Trinajstić information content (AvgIpc) is 2.89. The summed E-state index contributed by atoms with van der Waals surface area (Å²) in [5, 5.41) is 3.76. The first-order valence-corrected chi connectivity index (χ1v) is 4.41. The molecule has 2 rings (SSSR count). The van der Waals surface area contributed by atoms with E-state index in [9.17, 15) is 0 Å². The number of rotatable bonds is 4. The number of ether oxygens (including phenoxy) is 1. The SMILES string of the molecule is COC(CN)c1nc(-c2ncc[nH]2)no1. The van der Waals surface area contributed by atoms with Crippen LogP contribution in [0.4, 0.5) is 0 Å². The molecule has 0 aromatic carbocycles. The smallest absolute Gasteiger partial charge is 0.257 e. The lowest BCUT2D eigenvalue weighted by atomic mass is 10.3. The normalized spacial score (nSPS) is 12.9. The lowest BCUT2D eigenvalue weighted by Crippen LogP contribution is -2.14. The van der Waals surface area contributed by atoms with E-state index in [0.29, 0.717) is 17.5 Å². The summed E-state index contributed by atoms with van der Waals surface area (Å²) in [6.07, 6.45) is 2.92. The van der Waals surface area contributed by atoms with Gasteiger partial charge in [-0.2, -0.15) is 4.98 Å². The largest absolute Gasteiger partial charge is 0.370 e. The number of nitrogens with zero attached hydrogens (tertiary/aromatic N) is 3. The summed E-state index contributed by atoms with van der Waals surface area (Å²) >= 11 is 0. The van der Waals surface area contributed by atoms with Gasteiger partial charge in [0.15, 0.2) is 5.82 Å². The van der Waals surface area contributed by atoms with Crippen molar-refractivity contribution in [2.24, 2.45) is 5.73 Å². The quantitative estimate of drug-likeness (QED) is 0.740. The lowest BCUT2D eigenvalue weighted by Gasteiger charge is -2.05. The number of hydrogen-bond acceptors (Lipinski definition) is 6. The number of aromatic nitrogens is 4. The van der Waals surface area contributed by atoms with Gasteiger partial charge in [-0.05, 0) is 0 Å². The van der Waals surface area contributed by atoms with Crippen LogP contribution in [0.2, 0.25) is 0 Å². The molecule has 7 heteroatoms. The van der Waals surface area contributed by atoms with Crippen molar-refractivity contribution in [3.8, 4) is 11.6 Å². The fraction of sp³-hybridized carbons (Fsp3) is 0.375. The van der Waals surface area contributed by atoms with Crippen LogP contribution in [0.3, 0.4) is 0 Å². The monoisotopic (exact) mass is 209 g/mol. The van der Waals surface area contributed by atoms with Gasteiger partial charge in [0.05, 0.1) is 0 Å². The molecule has 1 unspecified atom stereocenters. The first kappa shape index (κ1) is 9.81. The van der Waals surface area contributed by atoms with Crippen molar-refractivity contribution in [1.82, 2.24) is 20.1 Å². The molecule has 0 radical (unpaired) electrons. The standard InChI is InChI=1S/C8H11N5O2/c1-14-5(4-9)8-12-7(13-15-8)6-10-2-3-11-6/h2-3,5H,4,9H2,1H3,(H,10,11). The number of nitrogens with two attached hydrogens (primary N) is 1. The minimum Gasteiger partial charge on any atom is -0.370 e. The predicted molar refractivity (Wildman–Crippen MR) is 50.7 cm³/mol. The Balaban J connectivity index is 2.24. The number of nitrogens with one attached hydrogen (secondary N) is 1. The molecule has 0 aliphatic heterocycles. The van der Waals surface area contributed by atoms with E-state index in [1.54, 1.807) is 12.4 Å². The summed E-state index contributed by atoms with van der Waals surface area (Å²) in [5.74, 6) is 1.30. The van der Waals surface area contributed by atoms with Gasteiger partial charge in [-0.3, -0.25) is 0 Å². The third-order valence-electron chi connectivity index (χ3n) is 1.93. The van der Waals surface area contributed by atoms with Gasteiger partial charge in [-0.1, -0.05) is 5.16 Å². The van der Waals surface area contributed by atoms with E-state index in [1.165, 1.54) is 7.11 Å². The molecule has 0 amide bonds. The molecule has 3 N–H and O–H groups in total. The Hall–Kier alpha value is -1.73. The van der Waals surface area contributed by atoms with E-state index in [0.717, 1.165) is 0 Å². The van der Waals surface area contributed by atoms with E-state index in [4.69, 9.17) is 15.0 Å². The van der Waals surface area contributed by atoms with Gasteiger partial charge in [-0.15, -0.1) is 0 Å². The zero-order valence-corrected chi connectivity index (χ0v) is 8.17. The Labute approximate surface area is 85.7 Å². The molecule has 0 saturated heterocycles. The fourth-order valence-electron chi connectivity index (χ4n) is 1.15. The second-order valence-corrected chi connectivity index (χ2v) is 2.85. The van der Waals surface area contributed by atoms with Crippen LogP contribution >= 0.6 is 0 Å². The van der Waals surface area contributed by atoms with Crippen LogP contribution in [-0.4, -0.2) is 33.8 Å². The third-order valence-corrected chi connectivity index (χ3v) is 1.93. The molecule has 0 aliphatic carbocycles. The van der Waals surface area contributed by atoms with Crippen LogP contribution in [0.15, 0.2) is 16.9 Å². The summed E-state index contributed by atoms with van der Waals surface area (Å²) < 4.78 is 10.1. The van der Waals surface area contributed by atoms with Crippen molar-refractivity contribution in [3.63, 3.8) is 0 Å². The molecular weight excluding hydrogens is 198 g/mol. The zero-order chi connectivity index (χ0) is 10.7. The highest BCUT2D eigenvalue weighted by atomic mass is 16.5. The molecular formula is C8H11N5O2. The van der Waals surface area contributed by atoms with Crippen molar-refractivity contribution in [2.45, 2.75) is 6.10 Å². The molecule has 0 saturated carbocycles. The van der Waals surface area contributed by atoms with Gasteiger partial charge < -0.3 is 20.0 Å². The highest BCUT2D eigenvalue weighted by Crippen LogP contribution is 2.16. The molecule has 0 aliphatic rings. The summed E-state index contributed by atoms with van der Waals surface area (Å²) in [7, 11) is 1.54. The predicted octanol–water partition coefficient (Wildman–Crippen LogP) is 0.106. The molecule has 2 aromatic heterocycles. The highest BCUT2D eigenvalue weighted by Gasteiger charge is 2.18. The van der Waals surface area contributed by atoms with Gasteiger partial charge in [0.1, 0.15) is 6.10 Å². The van der Waals surface area contributed by atoms with Crippen LogP contribution in [-0.2, 0) is 4.74 Å². The van der Waals surface area contributed by atoms with Crippen molar-refractivity contribution >= 4 is 0 Å². The van der Waals surface area contributed by atoms with E-state index < -0.39 is 0 Å². The maximum atomic E-state index is 5.47. The van der Waals surface area contributed by atoms with Crippen LogP contribution < -0.4 is 5.73 Å². The maximum absolute atomic E-state index is 5.47. The first-order valence-electron chi connectivity index (χ1n) is 4.41. The van der Waals surface area contributed by atoms with Gasteiger partial charge in [-0.25, -0.2) is 4.98 Å². The van der Waals surface area contributed by atoms with Gasteiger partial charge in [0.25, 0.3) is 5.89 Å². The first-order chi connectivity index (χ1) is 7.35. The molecule has 7 nitrogen and oxygen atoms in total. The number of methoxy groups -OCH3 is 1. The highest BCUT2D eigenvalue weighted by molar-refractivity contribution is 5.40. The Morgan fingerprint density at radius 1 is 1.67 bits per heavy atom. The molecule has 15 heavy (non-hydrogen) atoms. The van der Waals surface area contributed by atoms with Crippen LogP contribution in [0.1, 0.15) is 12.0 Å². The van der Waals surface area contributed by atoms with Crippen molar-refractivity contribution in [2.75, 3.05) is 13.7 Å². The molecule has 0 bridgehead atoms. The van der Waals surface area contributed by atoms with E-state index in [1.807, 2.05) is 0 Å². The Morgan fingerprint density at radius 2 is 2.53 bits per heavy atom. The topological polar surface area (TPSA) is 103 Å². The number of H-pyrrole nitrogens is 1.